The maximum Gasteiger partial charge on any atom is 0.0164 e. The first-order chi connectivity index (χ1) is 7.74. The zero-order valence-corrected chi connectivity index (χ0v) is 10.7. The van der Waals surface area contributed by atoms with E-state index in [9.17, 15) is 0 Å². The van der Waals surface area contributed by atoms with E-state index in [-0.39, 0.29) is 0 Å². The van der Waals surface area contributed by atoms with Gasteiger partial charge in [0.2, 0.25) is 0 Å². The van der Waals surface area contributed by atoms with E-state index in [0.29, 0.717) is 12.0 Å². The second kappa shape index (κ2) is 7.42. The highest BCUT2D eigenvalue weighted by Gasteiger charge is 2.06. The summed E-state index contributed by atoms with van der Waals surface area (Å²) in [6.07, 6.45) is 0. The predicted molar refractivity (Wildman–Crippen MR) is 70.9 cm³/mol. The van der Waals surface area contributed by atoms with Crippen molar-refractivity contribution < 1.29 is 0 Å². The minimum atomic E-state index is 0.533. The van der Waals surface area contributed by atoms with Crippen LogP contribution < -0.4 is 10.6 Å². The van der Waals surface area contributed by atoms with Gasteiger partial charge < -0.3 is 10.6 Å². The lowest BCUT2D eigenvalue weighted by Crippen LogP contribution is -2.37. The average Bonchev–Trinajstić information content (AvgIpc) is 2.34. The van der Waals surface area contributed by atoms with Gasteiger partial charge in [-0.25, -0.2) is 0 Å². The van der Waals surface area contributed by atoms with E-state index in [1.54, 1.807) is 0 Å². The van der Waals surface area contributed by atoms with Gasteiger partial charge in [0.15, 0.2) is 0 Å². The van der Waals surface area contributed by atoms with Gasteiger partial charge in [0, 0.05) is 19.1 Å². The largest absolute Gasteiger partial charge is 0.315 e. The topological polar surface area (TPSA) is 24.1 Å². The first-order valence-corrected chi connectivity index (χ1v) is 6.23. The maximum atomic E-state index is 3.55. The van der Waals surface area contributed by atoms with Crippen LogP contribution in [0.5, 0.6) is 0 Å². The van der Waals surface area contributed by atoms with Crippen LogP contribution in [0.15, 0.2) is 30.3 Å². The van der Waals surface area contributed by atoms with Crippen molar-refractivity contribution in [2.75, 3.05) is 19.6 Å². The van der Waals surface area contributed by atoms with Crippen molar-refractivity contribution >= 4 is 0 Å². The molecule has 0 amide bonds. The Bertz CT molecular complexity index is 271. The highest BCUT2D eigenvalue weighted by atomic mass is 15.0. The smallest absolute Gasteiger partial charge is 0.0164 e. The summed E-state index contributed by atoms with van der Waals surface area (Å²) in [5.74, 6) is 0.574. The normalized spacial score (nSPS) is 14.7. The fourth-order valence-corrected chi connectivity index (χ4v) is 1.71. The molecule has 1 aromatic rings. The Balaban J connectivity index is 2.27. The fraction of sp³-hybridized carbons (Fsp3) is 0.571. The lowest BCUT2D eigenvalue weighted by Gasteiger charge is -2.18. The first kappa shape index (κ1) is 13.2. The third-order valence-corrected chi connectivity index (χ3v) is 2.84. The molecule has 2 nitrogen and oxygen atoms in total. The Morgan fingerprint density at radius 1 is 1.06 bits per heavy atom. The highest BCUT2D eigenvalue weighted by molar-refractivity contribution is 5.18. The Morgan fingerprint density at radius 2 is 1.75 bits per heavy atom. The van der Waals surface area contributed by atoms with Gasteiger partial charge in [0.05, 0.1) is 0 Å². The average molecular weight is 220 g/mol. The van der Waals surface area contributed by atoms with Crippen molar-refractivity contribution in [1.82, 2.24) is 10.6 Å². The minimum absolute atomic E-state index is 0.533. The Hall–Kier alpha value is -0.860. The Morgan fingerprint density at radius 3 is 2.38 bits per heavy atom. The van der Waals surface area contributed by atoms with Crippen molar-refractivity contribution in [3.05, 3.63) is 35.9 Å². The van der Waals surface area contributed by atoms with E-state index >= 15 is 0 Å². The second-order valence-electron chi connectivity index (χ2n) is 4.43. The molecule has 0 spiro atoms. The zero-order valence-electron chi connectivity index (χ0n) is 10.7. The molecule has 0 saturated carbocycles. The molecule has 0 aliphatic heterocycles. The SMILES string of the molecule is CCNCC(C)NCC(C)c1ccccc1. The van der Waals surface area contributed by atoms with Crippen LogP contribution in [0.4, 0.5) is 0 Å². The summed E-state index contributed by atoms with van der Waals surface area (Å²) in [5, 5.41) is 6.90. The molecule has 90 valence electrons. The predicted octanol–water partition coefficient (Wildman–Crippen LogP) is 2.38. The fourth-order valence-electron chi connectivity index (χ4n) is 1.71. The summed E-state index contributed by atoms with van der Waals surface area (Å²) in [7, 11) is 0. The van der Waals surface area contributed by atoms with Crippen LogP contribution in [0.25, 0.3) is 0 Å². The molecule has 0 radical (unpaired) electrons. The third-order valence-electron chi connectivity index (χ3n) is 2.84. The molecule has 0 bridgehead atoms. The summed E-state index contributed by atoms with van der Waals surface area (Å²) in [4.78, 5) is 0. The van der Waals surface area contributed by atoms with Crippen LogP contribution in [0.2, 0.25) is 0 Å². The summed E-state index contributed by atoms with van der Waals surface area (Å²) >= 11 is 0. The van der Waals surface area contributed by atoms with Gasteiger partial charge in [-0.15, -0.1) is 0 Å². The molecule has 0 aliphatic rings. The van der Waals surface area contributed by atoms with Crippen LogP contribution in [0.3, 0.4) is 0 Å². The summed E-state index contributed by atoms with van der Waals surface area (Å²) < 4.78 is 0. The molecule has 1 aromatic carbocycles. The number of hydrogen-bond acceptors (Lipinski definition) is 2. The van der Waals surface area contributed by atoms with Gasteiger partial charge in [0.25, 0.3) is 0 Å². The third kappa shape index (κ3) is 4.77. The molecule has 0 saturated heterocycles. The lowest BCUT2D eigenvalue weighted by atomic mass is 10.0. The molecule has 2 unspecified atom stereocenters. The molecule has 0 fully saturated rings. The number of likely N-dealkylation sites (N-methyl/N-ethyl adjacent to an activating group) is 1. The lowest BCUT2D eigenvalue weighted by molar-refractivity contribution is 0.490. The molecule has 2 atom stereocenters. The van der Waals surface area contributed by atoms with Gasteiger partial charge in [0.1, 0.15) is 0 Å². The molecule has 0 heterocycles. The van der Waals surface area contributed by atoms with E-state index < -0.39 is 0 Å². The molecule has 1 rings (SSSR count). The molecular formula is C14H24N2. The molecule has 16 heavy (non-hydrogen) atoms. The van der Waals surface area contributed by atoms with E-state index in [4.69, 9.17) is 0 Å². The van der Waals surface area contributed by atoms with Crippen molar-refractivity contribution in [3.8, 4) is 0 Å². The second-order valence-corrected chi connectivity index (χ2v) is 4.43. The first-order valence-electron chi connectivity index (χ1n) is 6.23. The van der Waals surface area contributed by atoms with Crippen LogP contribution in [-0.2, 0) is 0 Å². The molecule has 2 heteroatoms. The monoisotopic (exact) mass is 220 g/mol. The molecular weight excluding hydrogens is 196 g/mol. The summed E-state index contributed by atoms with van der Waals surface area (Å²) in [6.45, 7) is 9.75. The van der Waals surface area contributed by atoms with E-state index in [2.05, 4.69) is 61.7 Å². The number of rotatable bonds is 7. The van der Waals surface area contributed by atoms with Crippen molar-refractivity contribution in [1.29, 1.82) is 0 Å². The van der Waals surface area contributed by atoms with Crippen LogP contribution in [0, 0.1) is 0 Å². The van der Waals surface area contributed by atoms with Crippen LogP contribution >= 0.6 is 0 Å². The Labute approximate surface area is 99.5 Å². The van der Waals surface area contributed by atoms with Crippen molar-refractivity contribution in [2.24, 2.45) is 0 Å². The summed E-state index contributed by atoms with van der Waals surface area (Å²) in [6, 6.07) is 11.2. The van der Waals surface area contributed by atoms with E-state index in [0.717, 1.165) is 19.6 Å². The quantitative estimate of drug-likeness (QED) is 0.737. The van der Waals surface area contributed by atoms with Crippen LogP contribution in [-0.4, -0.2) is 25.7 Å². The summed E-state index contributed by atoms with van der Waals surface area (Å²) in [5.41, 5.74) is 1.41. The number of benzene rings is 1. The Kier molecular flexibility index (Phi) is 6.12. The van der Waals surface area contributed by atoms with Gasteiger partial charge in [-0.05, 0) is 24.9 Å². The molecule has 2 N–H and O–H groups in total. The van der Waals surface area contributed by atoms with Gasteiger partial charge in [-0.3, -0.25) is 0 Å². The van der Waals surface area contributed by atoms with Gasteiger partial charge in [-0.2, -0.15) is 0 Å². The van der Waals surface area contributed by atoms with Crippen LogP contribution in [0.1, 0.15) is 32.3 Å². The van der Waals surface area contributed by atoms with Gasteiger partial charge >= 0.3 is 0 Å². The number of nitrogens with one attached hydrogen (secondary N) is 2. The number of hydrogen-bond donors (Lipinski definition) is 2. The maximum absolute atomic E-state index is 3.55. The van der Waals surface area contributed by atoms with E-state index in [1.165, 1.54) is 5.56 Å². The van der Waals surface area contributed by atoms with E-state index in [1.807, 2.05) is 0 Å². The minimum Gasteiger partial charge on any atom is -0.315 e. The zero-order chi connectivity index (χ0) is 11.8. The molecule has 0 aromatic heterocycles. The standard InChI is InChI=1S/C14H24N2/c1-4-15-11-13(3)16-10-12(2)14-8-6-5-7-9-14/h5-9,12-13,15-16H,4,10-11H2,1-3H3. The van der Waals surface area contributed by atoms with Gasteiger partial charge in [-0.1, -0.05) is 44.2 Å². The van der Waals surface area contributed by atoms with Crippen molar-refractivity contribution in [2.45, 2.75) is 32.7 Å². The van der Waals surface area contributed by atoms with Crippen molar-refractivity contribution in [3.63, 3.8) is 0 Å². The molecule has 0 aliphatic carbocycles. The highest BCUT2D eigenvalue weighted by Crippen LogP contribution is 2.12.